The van der Waals surface area contributed by atoms with Gasteiger partial charge in [-0.3, -0.25) is 9.59 Å². The minimum atomic E-state index is -0.307. The van der Waals surface area contributed by atoms with Crippen molar-refractivity contribution in [2.75, 3.05) is 33.9 Å². The van der Waals surface area contributed by atoms with Gasteiger partial charge in [0.2, 0.25) is 0 Å². The number of unbranched alkanes of at least 4 members (excludes halogenated alkanes) is 1. The number of hydrogen-bond donors (Lipinski definition) is 6. The standard InChI is InChI=1S/C49H67N3O6/c1-51-34-40(13-6-7-25-53)28-37(17-10-26-54)16-9-18-45(55)33-46(56)24-23-41-31-48(58-2)47(57)30-43(41)29-44-35-52-49(50)32-42(44)22-21-39-15-8-14-38(27-39)20-19-36-11-4-3-5-12-36/h3-5,8,11-12,14-15,23-24,27,30-32,35,37,40,49,51-54,57H,6-7,9-10,13,16-22,25-26,28-29,33-34,50H2,1-2H3. The van der Waals surface area contributed by atoms with Crippen LogP contribution in [-0.4, -0.2) is 67.0 Å². The summed E-state index contributed by atoms with van der Waals surface area (Å²) in [6.07, 6.45) is 18.2. The molecule has 7 N–H and O–H groups in total. The van der Waals surface area contributed by atoms with E-state index in [1.54, 1.807) is 18.2 Å². The number of methoxy groups -OCH3 is 1. The Balaban J connectivity index is 1.36. The van der Waals surface area contributed by atoms with Crippen LogP contribution in [-0.2, 0) is 35.3 Å². The van der Waals surface area contributed by atoms with Crippen molar-refractivity contribution >= 4 is 17.6 Å². The maximum atomic E-state index is 13.1. The predicted molar refractivity (Wildman–Crippen MR) is 235 cm³/mol. The zero-order chi connectivity index (χ0) is 41.5. The van der Waals surface area contributed by atoms with Crippen molar-refractivity contribution in [2.45, 2.75) is 102 Å². The molecule has 1 aliphatic rings. The fourth-order valence-electron chi connectivity index (χ4n) is 8.01. The van der Waals surface area contributed by atoms with E-state index in [4.69, 9.17) is 10.5 Å². The number of carbonyl (C=O) groups excluding carboxylic acids is 2. The number of nitrogens with two attached hydrogens (primary N) is 1. The van der Waals surface area contributed by atoms with Crippen molar-refractivity contribution in [2.24, 2.45) is 17.6 Å². The largest absolute Gasteiger partial charge is 0.504 e. The Kier molecular flexibility index (Phi) is 20.5. The van der Waals surface area contributed by atoms with Crippen LogP contribution in [0.25, 0.3) is 6.08 Å². The van der Waals surface area contributed by atoms with E-state index in [0.29, 0.717) is 36.8 Å². The molecule has 4 rings (SSSR count). The van der Waals surface area contributed by atoms with Gasteiger partial charge in [-0.1, -0.05) is 73.5 Å². The number of aromatic hydroxyl groups is 1. The summed E-state index contributed by atoms with van der Waals surface area (Å²) in [5.74, 6) is 0.834. The van der Waals surface area contributed by atoms with Crippen molar-refractivity contribution < 1.29 is 29.6 Å². The van der Waals surface area contributed by atoms with Crippen LogP contribution in [0.1, 0.15) is 98.4 Å². The van der Waals surface area contributed by atoms with Crippen LogP contribution in [0.3, 0.4) is 0 Å². The average Bonchev–Trinajstić information content (AvgIpc) is 3.22. The molecule has 1 heterocycles. The Morgan fingerprint density at radius 1 is 0.845 bits per heavy atom. The third kappa shape index (κ3) is 16.4. The van der Waals surface area contributed by atoms with Gasteiger partial charge in [0.15, 0.2) is 17.3 Å². The van der Waals surface area contributed by atoms with Crippen LogP contribution in [0.5, 0.6) is 11.5 Å². The number of phenolic OH excluding ortho intramolecular Hbond substituents is 1. The molecule has 0 saturated carbocycles. The zero-order valence-electron chi connectivity index (χ0n) is 34.8. The first-order chi connectivity index (χ1) is 28.2. The number of phenols is 1. The molecule has 3 aromatic rings. The number of hydrogen-bond acceptors (Lipinski definition) is 9. The lowest BCUT2D eigenvalue weighted by molar-refractivity contribution is -0.124. The van der Waals surface area contributed by atoms with E-state index in [2.05, 4.69) is 65.2 Å². The van der Waals surface area contributed by atoms with Crippen molar-refractivity contribution in [1.82, 2.24) is 10.6 Å². The van der Waals surface area contributed by atoms with Gasteiger partial charge in [-0.25, -0.2) is 0 Å². The smallest absolute Gasteiger partial charge is 0.163 e. The van der Waals surface area contributed by atoms with Crippen LogP contribution < -0.4 is 21.1 Å². The molecule has 314 valence electrons. The Bertz CT molecular complexity index is 1800. The monoisotopic (exact) mass is 794 g/mol. The van der Waals surface area contributed by atoms with Gasteiger partial charge in [-0.2, -0.15) is 0 Å². The molecule has 9 nitrogen and oxygen atoms in total. The van der Waals surface area contributed by atoms with Gasteiger partial charge in [0, 0.05) is 25.8 Å². The Morgan fingerprint density at radius 2 is 1.53 bits per heavy atom. The van der Waals surface area contributed by atoms with Crippen molar-refractivity contribution in [3.63, 3.8) is 0 Å². The Morgan fingerprint density at radius 3 is 2.26 bits per heavy atom. The Labute approximate surface area is 346 Å². The van der Waals surface area contributed by atoms with E-state index < -0.39 is 0 Å². The molecular formula is C49H67N3O6. The number of aliphatic hydroxyl groups is 2. The highest BCUT2D eigenvalue weighted by molar-refractivity contribution is 6.06. The summed E-state index contributed by atoms with van der Waals surface area (Å²) in [6, 6.07) is 22.7. The first-order valence-corrected chi connectivity index (χ1v) is 21.2. The number of dihydropyridines is 1. The summed E-state index contributed by atoms with van der Waals surface area (Å²) in [6.45, 7) is 1.26. The number of benzene rings is 3. The maximum absolute atomic E-state index is 13.1. The number of rotatable bonds is 28. The highest BCUT2D eigenvalue weighted by Gasteiger charge is 2.19. The molecule has 0 aromatic heterocycles. The molecule has 0 aliphatic carbocycles. The minimum absolute atomic E-state index is 0.00908. The van der Waals surface area contributed by atoms with Crippen molar-refractivity contribution in [3.05, 3.63) is 124 Å². The highest BCUT2D eigenvalue weighted by Crippen LogP contribution is 2.34. The summed E-state index contributed by atoms with van der Waals surface area (Å²) < 4.78 is 5.42. The van der Waals surface area contributed by atoms with Crippen LogP contribution in [0, 0.1) is 11.8 Å². The van der Waals surface area contributed by atoms with E-state index >= 15 is 0 Å². The summed E-state index contributed by atoms with van der Waals surface area (Å²) in [7, 11) is 3.45. The average molecular weight is 794 g/mol. The van der Waals surface area contributed by atoms with Crippen LogP contribution >= 0.6 is 0 Å². The number of ether oxygens (including phenoxy) is 1. The van der Waals surface area contributed by atoms with Gasteiger partial charge in [0.25, 0.3) is 0 Å². The van der Waals surface area contributed by atoms with E-state index in [1.165, 1.54) is 29.9 Å². The molecule has 0 bridgehead atoms. The second kappa shape index (κ2) is 25.7. The zero-order valence-corrected chi connectivity index (χ0v) is 34.8. The number of aliphatic hydroxyl groups excluding tert-OH is 2. The molecule has 0 fully saturated rings. The van der Waals surface area contributed by atoms with Gasteiger partial charge >= 0.3 is 0 Å². The number of ketones is 2. The lowest BCUT2D eigenvalue weighted by atomic mass is 9.84. The lowest BCUT2D eigenvalue weighted by Crippen LogP contribution is -2.35. The molecule has 0 spiro atoms. The van der Waals surface area contributed by atoms with Crippen LogP contribution in [0.15, 0.2) is 96.2 Å². The molecular weight excluding hydrogens is 727 g/mol. The van der Waals surface area contributed by atoms with E-state index in [9.17, 15) is 24.9 Å². The summed E-state index contributed by atoms with van der Waals surface area (Å²) in [5.41, 5.74) is 13.9. The molecule has 58 heavy (non-hydrogen) atoms. The van der Waals surface area contributed by atoms with Gasteiger partial charge in [0.05, 0.1) is 19.7 Å². The molecule has 3 atom stereocenters. The first kappa shape index (κ1) is 46.2. The molecule has 1 aliphatic heterocycles. The number of nitrogens with one attached hydrogen (secondary N) is 2. The highest BCUT2D eigenvalue weighted by atomic mass is 16.5. The van der Waals surface area contributed by atoms with E-state index in [-0.39, 0.29) is 43.1 Å². The molecule has 0 radical (unpaired) electrons. The van der Waals surface area contributed by atoms with Gasteiger partial charge in [-0.15, -0.1) is 0 Å². The van der Waals surface area contributed by atoms with Crippen LogP contribution in [0.2, 0.25) is 0 Å². The second-order valence-corrected chi connectivity index (χ2v) is 15.8. The second-order valence-electron chi connectivity index (χ2n) is 15.8. The number of allylic oxidation sites excluding steroid dienone is 3. The third-order valence-corrected chi connectivity index (χ3v) is 11.1. The summed E-state index contributed by atoms with van der Waals surface area (Å²) in [5, 5.41) is 36.0. The van der Waals surface area contributed by atoms with E-state index in [0.717, 1.165) is 99.4 Å². The lowest BCUT2D eigenvalue weighted by Gasteiger charge is -2.23. The summed E-state index contributed by atoms with van der Waals surface area (Å²) >= 11 is 0. The molecule has 3 unspecified atom stereocenters. The fourth-order valence-corrected chi connectivity index (χ4v) is 8.01. The van der Waals surface area contributed by atoms with Crippen molar-refractivity contribution in [3.8, 4) is 11.5 Å². The molecule has 0 amide bonds. The minimum Gasteiger partial charge on any atom is -0.504 e. The van der Waals surface area contributed by atoms with Crippen molar-refractivity contribution in [1.29, 1.82) is 0 Å². The third-order valence-electron chi connectivity index (χ3n) is 11.1. The van der Waals surface area contributed by atoms with Gasteiger partial charge < -0.3 is 36.4 Å². The van der Waals surface area contributed by atoms with Gasteiger partial charge in [0.1, 0.15) is 5.78 Å². The van der Waals surface area contributed by atoms with Crippen LogP contribution in [0.4, 0.5) is 0 Å². The predicted octanol–water partition coefficient (Wildman–Crippen LogP) is 7.55. The van der Waals surface area contributed by atoms with E-state index in [1.807, 2.05) is 19.3 Å². The summed E-state index contributed by atoms with van der Waals surface area (Å²) in [4.78, 5) is 26.0. The quantitative estimate of drug-likeness (QED) is 0.0249. The number of Topliss-reactive ketones (excluding diaryl/α,β-unsaturated/α-hetero) is 1. The fraction of sp³-hybridized carbons (Fsp3) is 0.469. The number of aryl methyl sites for hydroxylation is 3. The molecule has 0 saturated heterocycles. The maximum Gasteiger partial charge on any atom is 0.163 e. The molecule has 3 aromatic carbocycles. The van der Waals surface area contributed by atoms with Gasteiger partial charge in [-0.05, 0) is 159 Å². The normalized spacial score (nSPS) is 15.1. The first-order valence-electron chi connectivity index (χ1n) is 21.2. The number of carbonyl (C=O) groups is 2. The Hall–Kier alpha value is -4.54. The molecule has 9 heteroatoms. The topological polar surface area (TPSA) is 154 Å². The SMILES string of the molecule is CNCC(CCCCO)CC(CCCO)CCCC(=O)CC(=O)C=Cc1cc(OC)c(O)cc1CC1=CNC(N)C=C1CCc1cccc(CCc2ccccc2)c1.